The number of rotatable bonds is 4. The molecule has 0 saturated heterocycles. The van der Waals surface area contributed by atoms with Crippen molar-refractivity contribution in [3.8, 4) is 11.5 Å². The Morgan fingerprint density at radius 1 is 1.44 bits per heavy atom. The van der Waals surface area contributed by atoms with E-state index in [2.05, 4.69) is 38.1 Å². The normalized spacial score (nSPS) is 9.89. The van der Waals surface area contributed by atoms with Gasteiger partial charge in [-0.2, -0.15) is 4.98 Å². The van der Waals surface area contributed by atoms with E-state index >= 15 is 0 Å². The monoisotopic (exact) mass is 332 g/mol. The van der Waals surface area contributed by atoms with Crippen LogP contribution in [-0.2, 0) is 0 Å². The smallest absolute Gasteiger partial charge is 0.222 e. The summed E-state index contributed by atoms with van der Waals surface area (Å²) in [6.07, 6.45) is 2.60. The number of hydrogen-bond acceptors (Lipinski definition) is 5. The average Bonchev–Trinajstić information content (AvgIpc) is 2.83. The first-order valence-corrected chi connectivity index (χ1v) is 6.12. The van der Waals surface area contributed by atoms with Crippen LogP contribution in [0.15, 0.2) is 27.3 Å². The molecule has 0 saturated carbocycles. The molecule has 0 aromatic carbocycles. The third-order valence-corrected chi connectivity index (χ3v) is 2.92. The minimum Gasteiger partial charge on any atom is -0.463 e. The maximum absolute atomic E-state index is 5.68. The van der Waals surface area contributed by atoms with Gasteiger partial charge in [0.15, 0.2) is 5.76 Å². The number of nitrogen functional groups attached to an aromatic ring is 1. The standard InChI is InChI=1S/C11H13BrN4O.ClH/c1-2-5-14-10-8(12)9(15-11(13)16-10)7-4-3-6-17-7;/h3-4,6H,2,5H2,1H3,(H3,13,14,15,16);1H. The Bertz CT molecular complexity index is 504. The van der Waals surface area contributed by atoms with Gasteiger partial charge >= 0.3 is 0 Å². The van der Waals surface area contributed by atoms with Crippen LogP contribution in [0.2, 0.25) is 0 Å². The Labute approximate surface area is 120 Å². The first-order chi connectivity index (χ1) is 8.22. The summed E-state index contributed by atoms with van der Waals surface area (Å²) in [7, 11) is 0. The predicted octanol–water partition coefficient (Wildman–Crippen LogP) is 3.33. The number of halogens is 2. The van der Waals surface area contributed by atoms with Crippen LogP contribution in [0.3, 0.4) is 0 Å². The van der Waals surface area contributed by atoms with Crippen LogP contribution in [0, 0.1) is 0 Å². The van der Waals surface area contributed by atoms with Gasteiger partial charge in [-0.3, -0.25) is 0 Å². The van der Waals surface area contributed by atoms with Crippen LogP contribution in [0.5, 0.6) is 0 Å². The number of nitrogens with one attached hydrogen (secondary N) is 1. The highest BCUT2D eigenvalue weighted by atomic mass is 79.9. The van der Waals surface area contributed by atoms with Crippen molar-refractivity contribution >= 4 is 40.1 Å². The molecule has 5 nitrogen and oxygen atoms in total. The van der Waals surface area contributed by atoms with Gasteiger partial charge in [0.1, 0.15) is 11.5 Å². The van der Waals surface area contributed by atoms with Gasteiger partial charge in [-0.25, -0.2) is 4.98 Å². The second-order valence-electron chi connectivity index (χ2n) is 3.50. The second-order valence-corrected chi connectivity index (χ2v) is 4.29. The largest absolute Gasteiger partial charge is 0.463 e. The molecule has 0 bridgehead atoms. The Hall–Kier alpha value is -1.27. The molecule has 0 aliphatic rings. The van der Waals surface area contributed by atoms with E-state index in [0.29, 0.717) is 17.3 Å². The first kappa shape index (κ1) is 14.8. The van der Waals surface area contributed by atoms with Crippen LogP contribution in [0.1, 0.15) is 13.3 Å². The molecule has 18 heavy (non-hydrogen) atoms. The van der Waals surface area contributed by atoms with Gasteiger partial charge < -0.3 is 15.5 Å². The fraction of sp³-hybridized carbons (Fsp3) is 0.273. The van der Waals surface area contributed by atoms with Crippen molar-refractivity contribution in [1.82, 2.24) is 9.97 Å². The predicted molar refractivity (Wildman–Crippen MR) is 77.9 cm³/mol. The summed E-state index contributed by atoms with van der Waals surface area (Å²) in [5, 5.41) is 3.19. The maximum atomic E-state index is 5.68. The van der Waals surface area contributed by atoms with Gasteiger partial charge in [0, 0.05) is 6.54 Å². The van der Waals surface area contributed by atoms with Crippen molar-refractivity contribution in [2.24, 2.45) is 0 Å². The molecule has 98 valence electrons. The van der Waals surface area contributed by atoms with Crippen molar-refractivity contribution < 1.29 is 4.42 Å². The molecule has 0 unspecified atom stereocenters. The van der Waals surface area contributed by atoms with Crippen molar-refractivity contribution in [3.05, 3.63) is 22.9 Å². The molecular formula is C11H14BrClN4O. The summed E-state index contributed by atoms with van der Waals surface area (Å²) in [6.45, 7) is 2.91. The summed E-state index contributed by atoms with van der Waals surface area (Å²) >= 11 is 3.46. The highest BCUT2D eigenvalue weighted by Gasteiger charge is 2.14. The fourth-order valence-corrected chi connectivity index (χ4v) is 1.91. The van der Waals surface area contributed by atoms with E-state index in [0.717, 1.165) is 17.4 Å². The molecule has 0 radical (unpaired) electrons. The zero-order valence-corrected chi connectivity index (χ0v) is 12.2. The van der Waals surface area contributed by atoms with Gasteiger partial charge in [0.25, 0.3) is 0 Å². The number of furan rings is 1. The molecule has 0 atom stereocenters. The molecule has 2 heterocycles. The van der Waals surface area contributed by atoms with Crippen molar-refractivity contribution in [1.29, 1.82) is 0 Å². The first-order valence-electron chi connectivity index (χ1n) is 5.33. The molecule has 0 aliphatic carbocycles. The molecule has 0 spiro atoms. The number of anilines is 2. The lowest BCUT2D eigenvalue weighted by molar-refractivity contribution is 0.579. The summed E-state index contributed by atoms with van der Waals surface area (Å²) in [6, 6.07) is 3.63. The van der Waals surface area contributed by atoms with Crippen LogP contribution in [0.4, 0.5) is 11.8 Å². The number of aromatic nitrogens is 2. The van der Waals surface area contributed by atoms with Crippen LogP contribution in [-0.4, -0.2) is 16.5 Å². The summed E-state index contributed by atoms with van der Waals surface area (Å²) < 4.78 is 6.07. The zero-order chi connectivity index (χ0) is 12.3. The highest BCUT2D eigenvalue weighted by Crippen LogP contribution is 2.32. The minimum atomic E-state index is 0. The van der Waals surface area contributed by atoms with Gasteiger partial charge in [-0.15, -0.1) is 12.4 Å². The third kappa shape index (κ3) is 3.14. The summed E-state index contributed by atoms with van der Waals surface area (Å²) in [5.41, 5.74) is 6.34. The fourth-order valence-electron chi connectivity index (χ4n) is 1.40. The second kappa shape index (κ2) is 6.61. The Balaban J connectivity index is 0.00000162. The topological polar surface area (TPSA) is 77.0 Å². The molecule has 0 amide bonds. The van der Waals surface area contributed by atoms with E-state index in [1.807, 2.05) is 6.07 Å². The lowest BCUT2D eigenvalue weighted by atomic mass is 10.3. The van der Waals surface area contributed by atoms with Crippen LogP contribution in [0.25, 0.3) is 11.5 Å². The minimum absolute atomic E-state index is 0. The van der Waals surface area contributed by atoms with Crippen molar-refractivity contribution in [2.75, 3.05) is 17.6 Å². The molecule has 0 fully saturated rings. The zero-order valence-electron chi connectivity index (χ0n) is 9.81. The molecule has 2 aromatic rings. The molecular weight excluding hydrogens is 320 g/mol. The molecule has 2 rings (SSSR count). The SMILES string of the molecule is CCCNc1nc(N)nc(-c2ccco2)c1Br.Cl. The van der Waals surface area contributed by atoms with E-state index in [9.17, 15) is 0 Å². The highest BCUT2D eigenvalue weighted by molar-refractivity contribution is 9.10. The Kier molecular flexibility index (Phi) is 5.43. The maximum Gasteiger partial charge on any atom is 0.222 e. The van der Waals surface area contributed by atoms with E-state index in [1.165, 1.54) is 0 Å². The van der Waals surface area contributed by atoms with Gasteiger partial charge in [0.05, 0.1) is 10.7 Å². The lowest BCUT2D eigenvalue weighted by Gasteiger charge is -2.09. The molecule has 2 aromatic heterocycles. The lowest BCUT2D eigenvalue weighted by Crippen LogP contribution is -2.07. The third-order valence-electron chi connectivity index (χ3n) is 2.17. The van der Waals surface area contributed by atoms with E-state index in [4.69, 9.17) is 10.2 Å². The molecule has 7 heteroatoms. The van der Waals surface area contributed by atoms with E-state index < -0.39 is 0 Å². The van der Waals surface area contributed by atoms with Crippen molar-refractivity contribution in [3.63, 3.8) is 0 Å². The molecule has 0 aliphatic heterocycles. The van der Waals surface area contributed by atoms with Crippen LogP contribution < -0.4 is 11.1 Å². The van der Waals surface area contributed by atoms with Crippen LogP contribution >= 0.6 is 28.3 Å². The van der Waals surface area contributed by atoms with E-state index in [-0.39, 0.29) is 18.4 Å². The van der Waals surface area contributed by atoms with Crippen molar-refractivity contribution in [2.45, 2.75) is 13.3 Å². The number of nitrogens with zero attached hydrogens (tertiary/aromatic N) is 2. The quantitative estimate of drug-likeness (QED) is 0.897. The van der Waals surface area contributed by atoms with Gasteiger partial charge in [-0.1, -0.05) is 6.92 Å². The Morgan fingerprint density at radius 3 is 2.83 bits per heavy atom. The summed E-state index contributed by atoms with van der Waals surface area (Å²) in [5.74, 6) is 1.56. The summed E-state index contributed by atoms with van der Waals surface area (Å²) in [4.78, 5) is 8.32. The molecule has 3 N–H and O–H groups in total. The van der Waals surface area contributed by atoms with Gasteiger partial charge in [-0.05, 0) is 34.5 Å². The van der Waals surface area contributed by atoms with Gasteiger partial charge in [0.2, 0.25) is 5.95 Å². The van der Waals surface area contributed by atoms with E-state index in [1.54, 1.807) is 12.3 Å². The number of nitrogens with two attached hydrogens (primary N) is 1. The Morgan fingerprint density at radius 2 is 2.22 bits per heavy atom. The number of hydrogen-bond donors (Lipinski definition) is 2. The average molecular weight is 334 g/mol.